The van der Waals surface area contributed by atoms with Crippen molar-refractivity contribution < 1.29 is 4.74 Å². The minimum Gasteiger partial charge on any atom is -0.495 e. The van der Waals surface area contributed by atoms with Gasteiger partial charge in [-0.1, -0.05) is 33.6 Å². The third-order valence-corrected chi connectivity index (χ3v) is 3.88. The number of halogens is 2. The fourth-order valence-corrected chi connectivity index (χ4v) is 2.58. The average Bonchev–Trinajstić information content (AvgIpc) is 2.53. The second-order valence-electron chi connectivity index (χ2n) is 4.42. The second-order valence-corrected chi connectivity index (χ2v) is 5.74. The Labute approximate surface area is 142 Å². The maximum absolute atomic E-state index is 9.39. The predicted molar refractivity (Wildman–Crippen MR) is 88.7 cm³/mol. The summed E-state index contributed by atoms with van der Waals surface area (Å²) >= 11 is 9.42. The molecule has 0 aliphatic heterocycles. The van der Waals surface area contributed by atoms with E-state index in [2.05, 4.69) is 28.2 Å². The third-order valence-electron chi connectivity index (χ3n) is 3.09. The van der Waals surface area contributed by atoms with E-state index in [-0.39, 0.29) is 6.54 Å². The van der Waals surface area contributed by atoms with E-state index in [9.17, 15) is 10.5 Å². The van der Waals surface area contributed by atoms with Crippen LogP contribution in [0.4, 0.5) is 5.69 Å². The van der Waals surface area contributed by atoms with Gasteiger partial charge in [0.25, 0.3) is 0 Å². The molecular weight excluding hydrogens is 366 g/mol. The van der Waals surface area contributed by atoms with Gasteiger partial charge >= 0.3 is 0 Å². The zero-order valence-electron chi connectivity index (χ0n) is 11.7. The minimum atomic E-state index is 0.287. The van der Waals surface area contributed by atoms with Gasteiger partial charge in [0.1, 0.15) is 5.75 Å². The van der Waals surface area contributed by atoms with Crippen LogP contribution in [0, 0.1) is 22.8 Å². The molecule has 0 atom stereocenters. The number of ether oxygens (including phenoxy) is 1. The second kappa shape index (κ2) is 7.17. The van der Waals surface area contributed by atoms with Crippen molar-refractivity contribution in [3.63, 3.8) is 0 Å². The highest BCUT2D eigenvalue weighted by molar-refractivity contribution is 9.10. The predicted octanol–water partition coefficient (Wildman–Crippen LogP) is 4.47. The first-order valence-corrected chi connectivity index (χ1v) is 7.45. The first-order valence-electron chi connectivity index (χ1n) is 6.28. The molecule has 4 nitrogen and oxygen atoms in total. The number of hydrogen-bond donors (Lipinski definition) is 0. The molecule has 0 aliphatic rings. The molecule has 6 heteroatoms. The molecule has 0 bridgehead atoms. The Morgan fingerprint density at radius 1 is 1.23 bits per heavy atom. The highest BCUT2D eigenvalue weighted by Crippen LogP contribution is 2.30. The van der Waals surface area contributed by atoms with Crippen LogP contribution in [-0.2, 0) is 6.54 Å². The topological polar surface area (TPSA) is 60.0 Å². The lowest BCUT2D eigenvalue weighted by Gasteiger charge is -2.17. The van der Waals surface area contributed by atoms with Crippen molar-refractivity contribution in [2.24, 2.45) is 0 Å². The molecular formula is C16H11BrClN3O. The van der Waals surface area contributed by atoms with Crippen molar-refractivity contribution in [1.29, 1.82) is 10.5 Å². The number of methoxy groups -OCH3 is 1. The van der Waals surface area contributed by atoms with Crippen molar-refractivity contribution in [3.05, 3.63) is 57.0 Å². The summed E-state index contributed by atoms with van der Waals surface area (Å²) in [5.41, 5.74) is 1.92. The van der Waals surface area contributed by atoms with Crippen molar-refractivity contribution in [2.45, 2.75) is 6.54 Å². The Bertz CT molecular complexity index is 780. The van der Waals surface area contributed by atoms with Crippen molar-refractivity contribution in [3.8, 4) is 18.0 Å². The van der Waals surface area contributed by atoms with Crippen LogP contribution in [0.3, 0.4) is 0 Å². The number of nitrogens with zero attached hydrogens (tertiary/aromatic N) is 3. The molecule has 0 spiro atoms. The van der Waals surface area contributed by atoms with Gasteiger partial charge in [-0.3, -0.25) is 4.90 Å². The van der Waals surface area contributed by atoms with Crippen LogP contribution in [0.25, 0.3) is 0 Å². The molecule has 0 amide bonds. The molecule has 0 N–H and O–H groups in total. The van der Waals surface area contributed by atoms with Gasteiger partial charge in [-0.2, -0.15) is 10.5 Å². The van der Waals surface area contributed by atoms with Gasteiger partial charge in [-0.25, -0.2) is 0 Å². The van der Waals surface area contributed by atoms with E-state index < -0.39 is 0 Å². The summed E-state index contributed by atoms with van der Waals surface area (Å²) in [4.78, 5) is 1.47. The average molecular weight is 377 g/mol. The lowest BCUT2D eigenvalue weighted by molar-refractivity contribution is 0.415. The number of benzene rings is 2. The summed E-state index contributed by atoms with van der Waals surface area (Å²) in [5, 5.41) is 19.0. The Balaban J connectivity index is 2.33. The summed E-state index contributed by atoms with van der Waals surface area (Å²) in [6.07, 6.45) is 2.11. The molecule has 22 heavy (non-hydrogen) atoms. The van der Waals surface area contributed by atoms with Gasteiger partial charge < -0.3 is 4.74 Å². The number of rotatable bonds is 4. The minimum absolute atomic E-state index is 0.287. The molecule has 0 heterocycles. The number of hydrogen-bond acceptors (Lipinski definition) is 4. The van der Waals surface area contributed by atoms with E-state index in [1.54, 1.807) is 24.3 Å². The fourth-order valence-electron chi connectivity index (χ4n) is 1.97. The van der Waals surface area contributed by atoms with E-state index in [0.29, 0.717) is 22.0 Å². The zero-order chi connectivity index (χ0) is 16.1. The van der Waals surface area contributed by atoms with E-state index in [4.69, 9.17) is 16.3 Å². The maximum atomic E-state index is 9.39. The summed E-state index contributed by atoms with van der Waals surface area (Å²) in [6, 6.07) is 12.6. The monoisotopic (exact) mass is 375 g/mol. The van der Waals surface area contributed by atoms with Gasteiger partial charge in [0.15, 0.2) is 6.19 Å². The summed E-state index contributed by atoms with van der Waals surface area (Å²) < 4.78 is 5.92. The molecule has 2 aromatic carbocycles. The van der Waals surface area contributed by atoms with Gasteiger partial charge in [0.05, 0.1) is 36.0 Å². The van der Waals surface area contributed by atoms with Gasteiger partial charge in [-0.15, -0.1) is 0 Å². The Kier molecular flexibility index (Phi) is 5.27. The van der Waals surface area contributed by atoms with Crippen LogP contribution >= 0.6 is 27.5 Å². The molecule has 0 fully saturated rings. The molecule has 0 saturated heterocycles. The normalized spacial score (nSPS) is 9.68. The molecule has 0 aromatic heterocycles. The SMILES string of the molecule is COc1ccc(N(C#N)Cc2ccc(Br)cc2C#N)cc1Cl. The summed E-state index contributed by atoms with van der Waals surface area (Å²) in [6.45, 7) is 0.287. The Hall–Kier alpha value is -2.21. The molecule has 0 unspecified atom stereocenters. The highest BCUT2D eigenvalue weighted by atomic mass is 79.9. The number of nitriles is 2. The third kappa shape index (κ3) is 3.51. The first-order chi connectivity index (χ1) is 10.6. The van der Waals surface area contributed by atoms with Crippen LogP contribution in [0.5, 0.6) is 5.75 Å². The molecule has 110 valence electrons. The van der Waals surface area contributed by atoms with Gasteiger partial charge in [0, 0.05) is 4.47 Å². The quantitative estimate of drug-likeness (QED) is 0.583. The molecule has 0 radical (unpaired) electrons. The Morgan fingerprint density at radius 2 is 2.00 bits per heavy atom. The lowest BCUT2D eigenvalue weighted by Crippen LogP contribution is -2.16. The Morgan fingerprint density at radius 3 is 2.59 bits per heavy atom. The van der Waals surface area contributed by atoms with Gasteiger partial charge in [0.2, 0.25) is 0 Å². The van der Waals surface area contributed by atoms with Crippen LogP contribution in [-0.4, -0.2) is 7.11 Å². The molecule has 2 aromatic rings. The van der Waals surface area contributed by atoms with E-state index in [0.717, 1.165) is 10.0 Å². The van der Waals surface area contributed by atoms with E-state index in [1.807, 2.05) is 12.1 Å². The smallest absolute Gasteiger partial charge is 0.184 e. The van der Waals surface area contributed by atoms with E-state index in [1.165, 1.54) is 12.0 Å². The van der Waals surface area contributed by atoms with Crippen LogP contribution in [0.1, 0.15) is 11.1 Å². The van der Waals surface area contributed by atoms with Crippen LogP contribution in [0.15, 0.2) is 40.9 Å². The lowest BCUT2D eigenvalue weighted by atomic mass is 10.1. The van der Waals surface area contributed by atoms with Crippen molar-refractivity contribution >= 4 is 33.2 Å². The molecule has 0 aliphatic carbocycles. The van der Waals surface area contributed by atoms with Crippen molar-refractivity contribution in [1.82, 2.24) is 0 Å². The number of anilines is 1. The molecule has 2 rings (SSSR count). The summed E-state index contributed by atoms with van der Waals surface area (Å²) in [7, 11) is 1.53. The highest BCUT2D eigenvalue weighted by Gasteiger charge is 2.12. The maximum Gasteiger partial charge on any atom is 0.184 e. The summed E-state index contributed by atoms with van der Waals surface area (Å²) in [5.74, 6) is 0.546. The van der Waals surface area contributed by atoms with Crippen molar-refractivity contribution in [2.75, 3.05) is 12.0 Å². The largest absolute Gasteiger partial charge is 0.495 e. The van der Waals surface area contributed by atoms with E-state index >= 15 is 0 Å². The van der Waals surface area contributed by atoms with Crippen LogP contribution in [0.2, 0.25) is 5.02 Å². The van der Waals surface area contributed by atoms with Crippen LogP contribution < -0.4 is 9.64 Å². The molecule has 0 saturated carbocycles. The van der Waals surface area contributed by atoms with Gasteiger partial charge in [-0.05, 0) is 35.9 Å². The first kappa shape index (κ1) is 16.2. The standard InChI is InChI=1S/C16H11BrClN3O/c1-22-16-5-4-14(7-15(16)18)21(10-20)9-11-2-3-13(17)6-12(11)8-19/h2-7H,9H2,1H3. The fraction of sp³-hybridized carbons (Fsp3) is 0.125. The zero-order valence-corrected chi connectivity index (χ0v) is 14.0.